The summed E-state index contributed by atoms with van der Waals surface area (Å²) in [7, 11) is -4.35. The smallest absolute Gasteiger partial charge is 0.267 e. The summed E-state index contributed by atoms with van der Waals surface area (Å²) >= 11 is 0. The van der Waals surface area contributed by atoms with E-state index in [1.165, 1.54) is 57.4 Å². The Morgan fingerprint density at radius 3 is 1.77 bits per heavy atom. The maximum atomic E-state index is 12.4. The van der Waals surface area contributed by atoms with Crippen molar-refractivity contribution in [2.75, 3.05) is 5.75 Å². The van der Waals surface area contributed by atoms with Crippen LogP contribution in [0.15, 0.2) is 48.6 Å². The molecule has 40 heavy (non-hydrogen) atoms. The predicted octanol–water partition coefficient (Wildman–Crippen LogP) is 8.40. The lowest BCUT2D eigenvalue weighted by Gasteiger charge is -2.21. The van der Waals surface area contributed by atoms with Gasteiger partial charge in [0.25, 0.3) is 10.1 Å². The lowest BCUT2D eigenvalue weighted by molar-refractivity contribution is -0.122. The van der Waals surface area contributed by atoms with Crippen molar-refractivity contribution in [3.63, 3.8) is 0 Å². The molecule has 0 spiro atoms. The van der Waals surface area contributed by atoms with Crippen LogP contribution in [-0.2, 0) is 14.9 Å². The molecule has 0 aliphatic heterocycles. The topological polar surface area (TPSA) is 104 Å². The summed E-state index contributed by atoms with van der Waals surface area (Å²) in [6.45, 7) is 4.41. The largest absolute Gasteiger partial charge is 0.387 e. The fourth-order valence-corrected chi connectivity index (χ4v) is 5.05. The standard InChI is InChI=1S/C33H59NO5S/c1-3-5-7-9-11-13-14-15-16-17-18-19-21-23-25-27-29-33(36)34-31(30-40(37,38)39)32(35)28-26-24-22-20-12-10-8-6-4-2/h12-14,16-17,20,26,28,31-32,35H,3-11,15,18-19,21-25,27,29-30H2,1-2H3,(H,34,36)(H,37,38,39)/b14-13-,17-16-,20-12+,28-26+. The molecule has 0 heterocycles. The van der Waals surface area contributed by atoms with Gasteiger partial charge in [0.2, 0.25) is 5.91 Å². The first-order chi connectivity index (χ1) is 19.3. The minimum Gasteiger partial charge on any atom is -0.387 e. The molecular weight excluding hydrogens is 522 g/mol. The highest BCUT2D eigenvalue weighted by molar-refractivity contribution is 7.85. The summed E-state index contributed by atoms with van der Waals surface area (Å²) in [5.74, 6) is -1.03. The van der Waals surface area contributed by atoms with Crippen LogP contribution in [0, 0.1) is 0 Å². The van der Waals surface area contributed by atoms with Gasteiger partial charge in [-0.3, -0.25) is 9.35 Å². The second kappa shape index (κ2) is 27.5. The van der Waals surface area contributed by atoms with Crippen LogP contribution in [-0.4, -0.2) is 41.9 Å². The van der Waals surface area contributed by atoms with E-state index in [4.69, 9.17) is 0 Å². The summed E-state index contributed by atoms with van der Waals surface area (Å²) in [6, 6.07) is -1.08. The minimum atomic E-state index is -4.35. The quantitative estimate of drug-likeness (QED) is 0.0513. The number of nitrogens with one attached hydrogen (secondary N) is 1. The molecule has 0 fully saturated rings. The first-order valence-electron chi connectivity index (χ1n) is 15.8. The Bertz CT molecular complexity index is 817. The molecule has 0 saturated heterocycles. The van der Waals surface area contributed by atoms with Gasteiger partial charge < -0.3 is 10.4 Å². The fourth-order valence-electron chi connectivity index (χ4n) is 4.32. The van der Waals surface area contributed by atoms with Crippen molar-refractivity contribution in [3.05, 3.63) is 48.6 Å². The Labute approximate surface area is 246 Å². The van der Waals surface area contributed by atoms with E-state index in [1.54, 1.807) is 6.08 Å². The van der Waals surface area contributed by atoms with Crippen LogP contribution in [0.1, 0.15) is 136 Å². The zero-order valence-electron chi connectivity index (χ0n) is 25.4. The van der Waals surface area contributed by atoms with Crippen molar-refractivity contribution in [2.45, 2.75) is 148 Å². The number of amides is 1. The number of carbonyl (C=O) groups excluding carboxylic acids is 1. The van der Waals surface area contributed by atoms with E-state index in [0.717, 1.165) is 51.4 Å². The second-order valence-electron chi connectivity index (χ2n) is 10.7. The van der Waals surface area contributed by atoms with Gasteiger partial charge in [-0.05, 0) is 64.2 Å². The van der Waals surface area contributed by atoms with Gasteiger partial charge in [0.15, 0.2) is 0 Å². The van der Waals surface area contributed by atoms with Crippen LogP contribution in [0.5, 0.6) is 0 Å². The highest BCUT2D eigenvalue weighted by Crippen LogP contribution is 2.10. The highest BCUT2D eigenvalue weighted by Gasteiger charge is 2.24. The van der Waals surface area contributed by atoms with Gasteiger partial charge in [-0.1, -0.05) is 114 Å². The first-order valence-corrected chi connectivity index (χ1v) is 17.4. The van der Waals surface area contributed by atoms with Gasteiger partial charge in [-0.2, -0.15) is 8.42 Å². The van der Waals surface area contributed by atoms with E-state index in [9.17, 15) is 22.9 Å². The van der Waals surface area contributed by atoms with Gasteiger partial charge >= 0.3 is 0 Å². The summed E-state index contributed by atoms with van der Waals surface area (Å²) in [6.07, 6.45) is 35.3. The summed E-state index contributed by atoms with van der Waals surface area (Å²) in [5, 5.41) is 13.0. The normalized spacial score (nSPS) is 14.2. The van der Waals surface area contributed by atoms with Crippen LogP contribution in [0.2, 0.25) is 0 Å². The summed E-state index contributed by atoms with van der Waals surface area (Å²) in [5.41, 5.74) is 0. The average Bonchev–Trinajstić information content (AvgIpc) is 2.90. The second-order valence-corrected chi connectivity index (χ2v) is 12.2. The molecule has 3 N–H and O–H groups in total. The number of aliphatic hydroxyl groups is 1. The molecule has 0 aromatic heterocycles. The molecule has 2 atom stereocenters. The molecule has 0 aromatic carbocycles. The Balaban J connectivity index is 4.11. The van der Waals surface area contributed by atoms with Crippen molar-refractivity contribution >= 4 is 16.0 Å². The number of aliphatic hydroxyl groups excluding tert-OH is 1. The van der Waals surface area contributed by atoms with Gasteiger partial charge in [-0.25, -0.2) is 0 Å². The lowest BCUT2D eigenvalue weighted by atomic mass is 10.1. The maximum Gasteiger partial charge on any atom is 0.267 e. The van der Waals surface area contributed by atoms with Crippen molar-refractivity contribution < 1.29 is 22.9 Å². The SMILES string of the molecule is CCCCC/C=C/CC/C=C/C(O)C(CS(=O)(=O)O)NC(=O)CCCCCCC/C=C\C/C=C\CCCCCC. The molecular formula is C33H59NO5S. The van der Waals surface area contributed by atoms with Gasteiger partial charge in [0.05, 0.1) is 17.9 Å². The zero-order chi connectivity index (χ0) is 29.7. The summed E-state index contributed by atoms with van der Waals surface area (Å²) in [4.78, 5) is 12.4. The third-order valence-electron chi connectivity index (χ3n) is 6.73. The molecule has 0 bridgehead atoms. The molecule has 1 amide bonds. The van der Waals surface area contributed by atoms with Crippen LogP contribution in [0.4, 0.5) is 0 Å². The number of carbonyl (C=O) groups is 1. The Kier molecular flexibility index (Phi) is 26.3. The van der Waals surface area contributed by atoms with Gasteiger partial charge in [0, 0.05) is 6.42 Å². The van der Waals surface area contributed by atoms with Crippen LogP contribution >= 0.6 is 0 Å². The molecule has 0 radical (unpaired) electrons. The molecule has 232 valence electrons. The number of hydrogen-bond acceptors (Lipinski definition) is 4. The third kappa shape index (κ3) is 27.9. The molecule has 6 nitrogen and oxygen atoms in total. The van der Waals surface area contributed by atoms with Gasteiger partial charge in [0.1, 0.15) is 0 Å². The van der Waals surface area contributed by atoms with Crippen molar-refractivity contribution in [1.29, 1.82) is 0 Å². The van der Waals surface area contributed by atoms with E-state index in [1.807, 2.05) is 0 Å². The van der Waals surface area contributed by atoms with E-state index in [0.29, 0.717) is 12.8 Å². The van der Waals surface area contributed by atoms with Gasteiger partial charge in [-0.15, -0.1) is 0 Å². The lowest BCUT2D eigenvalue weighted by Crippen LogP contribution is -2.46. The van der Waals surface area contributed by atoms with E-state index < -0.39 is 28.0 Å². The molecule has 7 heteroatoms. The Morgan fingerprint density at radius 1 is 0.675 bits per heavy atom. The molecule has 0 saturated carbocycles. The molecule has 0 rings (SSSR count). The van der Waals surface area contributed by atoms with E-state index in [-0.39, 0.29) is 12.3 Å². The molecule has 0 aromatic rings. The first kappa shape index (κ1) is 38.3. The third-order valence-corrected chi connectivity index (χ3v) is 7.51. The predicted molar refractivity (Wildman–Crippen MR) is 170 cm³/mol. The maximum absolute atomic E-state index is 12.4. The van der Waals surface area contributed by atoms with Crippen molar-refractivity contribution in [3.8, 4) is 0 Å². The monoisotopic (exact) mass is 581 g/mol. The van der Waals surface area contributed by atoms with Crippen molar-refractivity contribution in [1.82, 2.24) is 5.32 Å². The van der Waals surface area contributed by atoms with E-state index in [2.05, 4.69) is 55.6 Å². The number of hydrogen-bond donors (Lipinski definition) is 3. The molecule has 2 unspecified atom stereocenters. The molecule has 0 aliphatic carbocycles. The van der Waals surface area contributed by atoms with E-state index >= 15 is 0 Å². The highest BCUT2D eigenvalue weighted by atomic mass is 32.2. The summed E-state index contributed by atoms with van der Waals surface area (Å²) < 4.78 is 32.1. The van der Waals surface area contributed by atoms with Crippen LogP contribution in [0.25, 0.3) is 0 Å². The average molecular weight is 582 g/mol. The zero-order valence-corrected chi connectivity index (χ0v) is 26.3. The minimum absolute atomic E-state index is 0.270. The number of rotatable bonds is 27. The van der Waals surface area contributed by atoms with Crippen LogP contribution in [0.3, 0.4) is 0 Å². The van der Waals surface area contributed by atoms with Crippen molar-refractivity contribution in [2.24, 2.45) is 0 Å². The Morgan fingerprint density at radius 2 is 1.15 bits per heavy atom. The number of allylic oxidation sites excluding steroid dienone is 7. The fraction of sp³-hybridized carbons (Fsp3) is 0.727. The van der Waals surface area contributed by atoms with Crippen LogP contribution < -0.4 is 5.32 Å². The Hall–Kier alpha value is -1.70. The number of unbranched alkanes of at least 4 members (excludes halogenated alkanes) is 13. The molecule has 0 aliphatic rings.